The summed E-state index contributed by atoms with van der Waals surface area (Å²) >= 11 is 0. The first-order valence-corrected chi connectivity index (χ1v) is 6.50. The Labute approximate surface area is 111 Å². The lowest BCUT2D eigenvalue weighted by Gasteiger charge is -2.06. The summed E-state index contributed by atoms with van der Waals surface area (Å²) < 4.78 is 18.7. The molecule has 0 saturated carbocycles. The molecule has 0 aliphatic rings. The molecule has 1 aromatic heterocycles. The average molecular weight is 263 g/mol. The highest BCUT2D eigenvalue weighted by atomic mass is 19.1. The second-order valence-corrected chi connectivity index (χ2v) is 4.54. The average Bonchev–Trinajstić information content (AvgIpc) is 2.87. The van der Waals surface area contributed by atoms with Gasteiger partial charge in [-0.25, -0.2) is 4.39 Å². The molecule has 19 heavy (non-hydrogen) atoms. The van der Waals surface area contributed by atoms with Crippen LogP contribution in [0.2, 0.25) is 0 Å². The van der Waals surface area contributed by atoms with Crippen molar-refractivity contribution in [3.8, 4) is 0 Å². The third kappa shape index (κ3) is 3.38. The van der Waals surface area contributed by atoms with Gasteiger partial charge in [0.2, 0.25) is 5.89 Å². The zero-order valence-corrected chi connectivity index (χ0v) is 11.0. The minimum atomic E-state index is -0.252. The largest absolute Gasteiger partial charge is 0.339 e. The number of nitrogens with zero attached hydrogens (tertiary/aromatic N) is 2. The predicted octanol–water partition coefficient (Wildman–Crippen LogP) is 2.64. The van der Waals surface area contributed by atoms with Crippen LogP contribution < -0.4 is 5.73 Å². The smallest absolute Gasteiger partial charge is 0.231 e. The molecule has 0 bridgehead atoms. The van der Waals surface area contributed by atoms with Gasteiger partial charge in [-0.2, -0.15) is 4.98 Å². The molecule has 1 atom stereocenters. The van der Waals surface area contributed by atoms with Crippen molar-refractivity contribution in [2.24, 2.45) is 5.73 Å². The van der Waals surface area contributed by atoms with E-state index in [1.807, 2.05) is 0 Å². The van der Waals surface area contributed by atoms with Crippen molar-refractivity contribution in [1.82, 2.24) is 10.1 Å². The molecule has 2 rings (SSSR count). The van der Waals surface area contributed by atoms with E-state index in [1.165, 1.54) is 6.07 Å². The van der Waals surface area contributed by atoms with Crippen LogP contribution in [0.1, 0.15) is 43.0 Å². The van der Waals surface area contributed by atoms with E-state index in [9.17, 15) is 4.39 Å². The van der Waals surface area contributed by atoms with Crippen LogP contribution in [0.4, 0.5) is 4.39 Å². The van der Waals surface area contributed by atoms with Crippen LogP contribution in [-0.4, -0.2) is 16.7 Å². The van der Waals surface area contributed by atoms with E-state index < -0.39 is 0 Å². The van der Waals surface area contributed by atoms with E-state index in [0.717, 1.165) is 12.8 Å². The van der Waals surface area contributed by atoms with E-state index in [2.05, 4.69) is 17.1 Å². The zero-order chi connectivity index (χ0) is 13.7. The monoisotopic (exact) mass is 263 g/mol. The molecule has 0 fully saturated rings. The van der Waals surface area contributed by atoms with Gasteiger partial charge in [0.05, 0.1) is 5.92 Å². The van der Waals surface area contributed by atoms with Crippen LogP contribution in [-0.2, 0) is 6.42 Å². The van der Waals surface area contributed by atoms with Crippen LogP contribution in [0.3, 0.4) is 0 Å². The number of halogens is 1. The van der Waals surface area contributed by atoms with Gasteiger partial charge in [0.25, 0.3) is 0 Å². The van der Waals surface area contributed by atoms with Crippen molar-refractivity contribution in [3.05, 3.63) is 47.4 Å². The van der Waals surface area contributed by atoms with Crippen molar-refractivity contribution in [1.29, 1.82) is 0 Å². The molecule has 0 amide bonds. The highest BCUT2D eigenvalue weighted by molar-refractivity contribution is 5.20. The molecular weight excluding hydrogens is 245 g/mol. The van der Waals surface area contributed by atoms with Gasteiger partial charge < -0.3 is 10.3 Å². The Hall–Kier alpha value is -1.75. The molecular formula is C14H18FN3O. The summed E-state index contributed by atoms with van der Waals surface area (Å²) in [5.41, 5.74) is 6.25. The first-order chi connectivity index (χ1) is 9.24. The van der Waals surface area contributed by atoms with Gasteiger partial charge >= 0.3 is 0 Å². The van der Waals surface area contributed by atoms with Crippen molar-refractivity contribution in [3.63, 3.8) is 0 Å². The Bertz CT molecular complexity index is 527. The van der Waals surface area contributed by atoms with Crippen molar-refractivity contribution in [2.75, 3.05) is 6.54 Å². The van der Waals surface area contributed by atoms with Gasteiger partial charge in [0, 0.05) is 13.0 Å². The Morgan fingerprint density at radius 2 is 2.16 bits per heavy atom. The summed E-state index contributed by atoms with van der Waals surface area (Å²) in [4.78, 5) is 4.31. The number of aromatic nitrogens is 2. The molecule has 0 saturated heterocycles. The van der Waals surface area contributed by atoms with E-state index in [1.54, 1.807) is 18.2 Å². The molecule has 0 radical (unpaired) electrons. The van der Waals surface area contributed by atoms with Gasteiger partial charge in [-0.1, -0.05) is 36.7 Å². The maximum Gasteiger partial charge on any atom is 0.231 e. The molecule has 1 unspecified atom stereocenters. The van der Waals surface area contributed by atoms with Crippen LogP contribution in [0.25, 0.3) is 0 Å². The molecule has 0 aliphatic heterocycles. The maximum absolute atomic E-state index is 13.5. The standard InChI is InChI=1S/C14H18FN3O/c1-2-5-11(9-16)14-17-13(18-19-14)8-10-6-3-4-7-12(10)15/h3-4,6-7,11H,2,5,8-9,16H2,1H3. The molecule has 5 heteroatoms. The summed E-state index contributed by atoms with van der Waals surface area (Å²) in [6.07, 6.45) is 2.25. The fraction of sp³-hybridized carbons (Fsp3) is 0.429. The molecule has 1 aromatic carbocycles. The second-order valence-electron chi connectivity index (χ2n) is 4.54. The summed E-state index contributed by atoms with van der Waals surface area (Å²) in [5, 5.41) is 3.90. The first-order valence-electron chi connectivity index (χ1n) is 6.50. The topological polar surface area (TPSA) is 64.9 Å². The molecule has 0 aliphatic carbocycles. The van der Waals surface area contributed by atoms with Crippen LogP contribution in [0, 0.1) is 5.82 Å². The third-order valence-corrected chi connectivity index (χ3v) is 3.06. The highest BCUT2D eigenvalue weighted by Crippen LogP contribution is 2.19. The third-order valence-electron chi connectivity index (χ3n) is 3.06. The van der Waals surface area contributed by atoms with Crippen molar-refractivity contribution in [2.45, 2.75) is 32.1 Å². The fourth-order valence-electron chi connectivity index (χ4n) is 2.01. The van der Waals surface area contributed by atoms with Gasteiger partial charge in [-0.3, -0.25) is 0 Å². The zero-order valence-electron chi connectivity index (χ0n) is 11.0. The quantitative estimate of drug-likeness (QED) is 0.870. The van der Waals surface area contributed by atoms with Gasteiger partial charge in [0.1, 0.15) is 5.82 Å². The summed E-state index contributed by atoms with van der Waals surface area (Å²) in [6, 6.07) is 6.60. The van der Waals surface area contributed by atoms with Gasteiger partial charge in [0.15, 0.2) is 5.82 Å². The number of hydrogen-bond donors (Lipinski definition) is 1. The van der Waals surface area contributed by atoms with Gasteiger partial charge in [-0.15, -0.1) is 0 Å². The minimum absolute atomic E-state index is 0.0897. The van der Waals surface area contributed by atoms with E-state index in [0.29, 0.717) is 30.2 Å². The lowest BCUT2D eigenvalue weighted by atomic mass is 10.0. The lowest BCUT2D eigenvalue weighted by molar-refractivity contribution is 0.344. The summed E-state index contributed by atoms with van der Waals surface area (Å²) in [6.45, 7) is 2.56. The Morgan fingerprint density at radius 1 is 1.37 bits per heavy atom. The van der Waals surface area contributed by atoms with Gasteiger partial charge in [-0.05, 0) is 18.1 Å². The molecule has 0 spiro atoms. The molecule has 1 heterocycles. The number of benzene rings is 1. The number of rotatable bonds is 6. The highest BCUT2D eigenvalue weighted by Gasteiger charge is 2.17. The van der Waals surface area contributed by atoms with Crippen molar-refractivity contribution < 1.29 is 8.91 Å². The molecule has 4 nitrogen and oxygen atoms in total. The van der Waals surface area contributed by atoms with Crippen LogP contribution >= 0.6 is 0 Å². The number of hydrogen-bond acceptors (Lipinski definition) is 4. The van der Waals surface area contributed by atoms with E-state index >= 15 is 0 Å². The Balaban J connectivity index is 2.11. The maximum atomic E-state index is 13.5. The predicted molar refractivity (Wildman–Crippen MR) is 70.2 cm³/mol. The Kier molecular flexibility index (Phi) is 4.63. The Morgan fingerprint density at radius 3 is 2.84 bits per heavy atom. The van der Waals surface area contributed by atoms with Crippen molar-refractivity contribution >= 4 is 0 Å². The normalized spacial score (nSPS) is 12.6. The second kappa shape index (κ2) is 6.43. The molecule has 2 aromatic rings. The summed E-state index contributed by atoms with van der Waals surface area (Å²) in [5.74, 6) is 0.884. The fourth-order valence-corrected chi connectivity index (χ4v) is 2.01. The molecule has 102 valence electrons. The first kappa shape index (κ1) is 13.7. The van der Waals surface area contributed by atoms with E-state index in [-0.39, 0.29) is 11.7 Å². The van der Waals surface area contributed by atoms with Crippen LogP contribution in [0.5, 0.6) is 0 Å². The SMILES string of the molecule is CCCC(CN)c1nc(Cc2ccccc2F)no1. The minimum Gasteiger partial charge on any atom is -0.339 e. The summed E-state index contributed by atoms with van der Waals surface area (Å²) in [7, 11) is 0. The lowest BCUT2D eigenvalue weighted by Crippen LogP contribution is -2.12. The number of nitrogens with two attached hydrogens (primary N) is 1. The van der Waals surface area contributed by atoms with Crippen LogP contribution in [0.15, 0.2) is 28.8 Å². The van der Waals surface area contributed by atoms with E-state index in [4.69, 9.17) is 10.3 Å². The molecule has 2 N–H and O–H groups in total.